The zero-order valence-electron chi connectivity index (χ0n) is 19.0. The van der Waals surface area contributed by atoms with Gasteiger partial charge in [0.1, 0.15) is 10.8 Å². The quantitative estimate of drug-likeness (QED) is 0.672. The SMILES string of the molecule is CC(C)Oc1ccc(C(=O)N2CCC3(CC2)c2ccc(S(C)(=O)=O)n2CCN3C)cc1Cl. The number of amides is 1. The molecule has 1 amide bonds. The van der Waals surface area contributed by atoms with Gasteiger partial charge in [-0.1, -0.05) is 11.6 Å². The molecule has 0 bridgehead atoms. The summed E-state index contributed by atoms with van der Waals surface area (Å²) in [5.41, 5.74) is 1.30. The number of hydrogen-bond donors (Lipinski definition) is 0. The summed E-state index contributed by atoms with van der Waals surface area (Å²) in [6, 6.07) is 8.83. The molecule has 174 valence electrons. The summed E-state index contributed by atoms with van der Waals surface area (Å²) >= 11 is 6.33. The van der Waals surface area contributed by atoms with Gasteiger partial charge in [-0.2, -0.15) is 0 Å². The average molecular weight is 480 g/mol. The monoisotopic (exact) mass is 479 g/mol. The lowest BCUT2D eigenvalue weighted by Crippen LogP contribution is -2.56. The van der Waals surface area contributed by atoms with Gasteiger partial charge < -0.3 is 14.2 Å². The largest absolute Gasteiger partial charge is 0.489 e. The number of nitrogens with zero attached hydrogens (tertiary/aromatic N) is 3. The number of ether oxygens (including phenoxy) is 1. The predicted octanol–water partition coefficient (Wildman–Crippen LogP) is 3.41. The van der Waals surface area contributed by atoms with E-state index >= 15 is 0 Å². The highest BCUT2D eigenvalue weighted by molar-refractivity contribution is 7.90. The molecule has 0 aliphatic carbocycles. The van der Waals surface area contributed by atoms with E-state index in [2.05, 4.69) is 11.9 Å². The highest BCUT2D eigenvalue weighted by Gasteiger charge is 2.45. The van der Waals surface area contributed by atoms with E-state index in [0.29, 0.717) is 41.0 Å². The Balaban J connectivity index is 1.54. The van der Waals surface area contributed by atoms with Gasteiger partial charge in [0.25, 0.3) is 5.91 Å². The van der Waals surface area contributed by atoms with E-state index in [9.17, 15) is 13.2 Å². The predicted molar refractivity (Wildman–Crippen MR) is 124 cm³/mol. The van der Waals surface area contributed by atoms with Gasteiger partial charge in [-0.3, -0.25) is 9.69 Å². The molecule has 4 rings (SSSR count). The molecule has 1 fully saturated rings. The highest BCUT2D eigenvalue weighted by Crippen LogP contribution is 2.42. The Morgan fingerprint density at radius 1 is 1.09 bits per heavy atom. The number of piperidine rings is 1. The van der Waals surface area contributed by atoms with Crippen LogP contribution in [0.3, 0.4) is 0 Å². The molecule has 0 unspecified atom stereocenters. The second-order valence-electron chi connectivity index (χ2n) is 9.04. The summed E-state index contributed by atoms with van der Waals surface area (Å²) in [6.45, 7) is 6.45. The fourth-order valence-electron chi connectivity index (χ4n) is 4.95. The second kappa shape index (κ2) is 8.39. The molecule has 2 aromatic rings. The number of carbonyl (C=O) groups is 1. The summed E-state index contributed by atoms with van der Waals surface area (Å²) in [5.74, 6) is 0.519. The molecule has 0 saturated carbocycles. The molecule has 0 N–H and O–H groups in total. The van der Waals surface area contributed by atoms with Crippen molar-refractivity contribution in [3.8, 4) is 5.75 Å². The Morgan fingerprint density at radius 3 is 2.38 bits per heavy atom. The first-order chi connectivity index (χ1) is 15.0. The maximum Gasteiger partial charge on any atom is 0.253 e. The molecule has 2 aliphatic rings. The molecule has 9 heteroatoms. The van der Waals surface area contributed by atoms with Crippen molar-refractivity contribution in [2.75, 3.05) is 32.9 Å². The number of likely N-dealkylation sites (tertiary alicyclic amines) is 1. The zero-order chi connectivity index (χ0) is 23.3. The van der Waals surface area contributed by atoms with E-state index in [0.717, 1.165) is 25.1 Å². The number of aromatic nitrogens is 1. The first-order valence-corrected chi connectivity index (χ1v) is 13.2. The van der Waals surface area contributed by atoms with Crippen LogP contribution < -0.4 is 4.74 Å². The summed E-state index contributed by atoms with van der Waals surface area (Å²) in [6.07, 6.45) is 2.74. The summed E-state index contributed by atoms with van der Waals surface area (Å²) in [4.78, 5) is 17.3. The molecular weight excluding hydrogens is 450 g/mol. The van der Waals surface area contributed by atoms with Gasteiger partial charge in [0.05, 0.1) is 16.7 Å². The van der Waals surface area contributed by atoms with Crippen LogP contribution in [0.15, 0.2) is 35.4 Å². The number of hydrogen-bond acceptors (Lipinski definition) is 5. The molecule has 2 aliphatic heterocycles. The van der Waals surface area contributed by atoms with Gasteiger partial charge in [-0.15, -0.1) is 0 Å². The minimum atomic E-state index is -3.29. The third-order valence-electron chi connectivity index (χ3n) is 6.61. The topological polar surface area (TPSA) is 71.8 Å². The van der Waals surface area contributed by atoms with E-state index in [1.165, 1.54) is 6.26 Å². The van der Waals surface area contributed by atoms with Crippen LogP contribution >= 0.6 is 11.6 Å². The molecule has 1 aromatic heterocycles. The summed E-state index contributed by atoms with van der Waals surface area (Å²) in [5, 5.41) is 0.799. The Morgan fingerprint density at radius 2 is 1.78 bits per heavy atom. The number of likely N-dealkylation sites (N-methyl/N-ethyl adjacent to an activating group) is 1. The fraction of sp³-hybridized carbons (Fsp3) is 0.522. The molecule has 32 heavy (non-hydrogen) atoms. The van der Waals surface area contributed by atoms with Gasteiger partial charge in [0.15, 0.2) is 9.84 Å². The molecule has 0 radical (unpaired) electrons. The highest BCUT2D eigenvalue weighted by atomic mass is 35.5. The number of sulfone groups is 1. The Hall–Kier alpha value is -2.03. The van der Waals surface area contributed by atoms with E-state index in [-0.39, 0.29) is 17.6 Å². The van der Waals surface area contributed by atoms with Gasteiger partial charge >= 0.3 is 0 Å². The second-order valence-corrected chi connectivity index (χ2v) is 11.4. The minimum Gasteiger partial charge on any atom is -0.489 e. The van der Waals surface area contributed by atoms with Crippen LogP contribution in [0, 0.1) is 0 Å². The smallest absolute Gasteiger partial charge is 0.253 e. The van der Waals surface area contributed by atoms with E-state index < -0.39 is 9.84 Å². The van der Waals surface area contributed by atoms with Gasteiger partial charge in [-0.05, 0) is 64.1 Å². The van der Waals surface area contributed by atoms with Crippen LogP contribution in [0.2, 0.25) is 5.02 Å². The van der Waals surface area contributed by atoms with Crippen molar-refractivity contribution in [2.24, 2.45) is 0 Å². The third kappa shape index (κ3) is 4.04. The van der Waals surface area contributed by atoms with Crippen LogP contribution in [0.5, 0.6) is 5.75 Å². The standard InChI is InChI=1S/C23H30ClN3O4S/c1-16(2)31-19-6-5-17(15-18(19)24)22(28)26-11-9-23(10-12-26)20-7-8-21(32(4,29)30)27(20)14-13-25(23)3/h5-8,15-16H,9-14H2,1-4H3. The number of halogens is 1. The maximum absolute atomic E-state index is 13.1. The summed E-state index contributed by atoms with van der Waals surface area (Å²) < 4.78 is 32.0. The van der Waals surface area contributed by atoms with E-state index in [1.807, 2.05) is 29.4 Å². The third-order valence-corrected chi connectivity index (χ3v) is 8.02. The van der Waals surface area contributed by atoms with Crippen LogP contribution in [0.1, 0.15) is 42.7 Å². The normalized spacial score (nSPS) is 18.8. The van der Waals surface area contributed by atoms with Gasteiger partial charge in [0.2, 0.25) is 0 Å². The molecule has 3 heterocycles. The Labute approximate surface area is 194 Å². The van der Waals surface area contributed by atoms with Crippen molar-refractivity contribution in [3.63, 3.8) is 0 Å². The van der Waals surface area contributed by atoms with Crippen molar-refractivity contribution >= 4 is 27.3 Å². The van der Waals surface area contributed by atoms with E-state index in [1.54, 1.807) is 24.3 Å². The van der Waals surface area contributed by atoms with Gasteiger partial charge in [0, 0.05) is 43.7 Å². The van der Waals surface area contributed by atoms with Crippen LogP contribution in [-0.2, 0) is 21.9 Å². The number of fused-ring (bicyclic) bond motifs is 2. The first kappa shape index (κ1) is 23.1. The molecule has 7 nitrogen and oxygen atoms in total. The number of benzene rings is 1. The van der Waals surface area contributed by atoms with Crippen LogP contribution in [0.25, 0.3) is 0 Å². The first-order valence-electron chi connectivity index (χ1n) is 10.9. The van der Waals surface area contributed by atoms with Crippen LogP contribution in [0.4, 0.5) is 0 Å². The molecule has 1 saturated heterocycles. The van der Waals surface area contributed by atoms with Crippen molar-refractivity contribution in [1.82, 2.24) is 14.4 Å². The molecule has 1 spiro atoms. The molecule has 0 atom stereocenters. The summed E-state index contributed by atoms with van der Waals surface area (Å²) in [7, 11) is -1.21. The van der Waals surface area contributed by atoms with Crippen LogP contribution in [-0.4, -0.2) is 67.7 Å². The Kier molecular flexibility index (Phi) is 6.07. The maximum atomic E-state index is 13.1. The lowest BCUT2D eigenvalue weighted by atomic mass is 9.81. The fourth-order valence-corrected chi connectivity index (χ4v) is 6.08. The Bertz CT molecular complexity index is 1130. The average Bonchev–Trinajstić information content (AvgIpc) is 3.18. The van der Waals surface area contributed by atoms with Crippen molar-refractivity contribution in [1.29, 1.82) is 0 Å². The molecule has 1 aromatic carbocycles. The number of carbonyl (C=O) groups excluding carboxylic acids is 1. The number of rotatable bonds is 4. The van der Waals surface area contributed by atoms with Gasteiger partial charge in [-0.25, -0.2) is 8.42 Å². The van der Waals surface area contributed by atoms with Crippen molar-refractivity contribution in [3.05, 3.63) is 46.6 Å². The lowest BCUT2D eigenvalue weighted by Gasteiger charge is -2.50. The zero-order valence-corrected chi connectivity index (χ0v) is 20.5. The molecular formula is C23H30ClN3O4S. The van der Waals surface area contributed by atoms with E-state index in [4.69, 9.17) is 16.3 Å². The lowest BCUT2D eigenvalue weighted by molar-refractivity contribution is 0.0117. The van der Waals surface area contributed by atoms with Crippen molar-refractivity contribution in [2.45, 2.75) is 49.9 Å². The minimum absolute atomic E-state index is 0.00183. The van der Waals surface area contributed by atoms with Crippen molar-refractivity contribution < 1.29 is 17.9 Å².